The number of rotatable bonds is 2. The van der Waals surface area contributed by atoms with Gasteiger partial charge in [0.15, 0.2) is 5.82 Å². The maximum atomic E-state index is 6.00. The van der Waals surface area contributed by atoms with Gasteiger partial charge in [-0.05, 0) is 28.6 Å². The van der Waals surface area contributed by atoms with Crippen LogP contribution in [0.1, 0.15) is 0 Å². The van der Waals surface area contributed by atoms with Crippen LogP contribution in [0.25, 0.3) is 17.1 Å². The number of aromatic nitrogens is 6. The molecular weight excluding hydrogens is 266 g/mol. The minimum Gasteiger partial charge on any atom is -0.399 e. The Morgan fingerprint density at radius 1 is 1.26 bits per heavy atom. The van der Waals surface area contributed by atoms with E-state index >= 15 is 0 Å². The van der Waals surface area contributed by atoms with Crippen molar-refractivity contribution < 1.29 is 0 Å². The van der Waals surface area contributed by atoms with E-state index in [1.807, 2.05) is 13.2 Å². The predicted octanol–water partition coefficient (Wildman–Crippen LogP) is 1.30. The summed E-state index contributed by atoms with van der Waals surface area (Å²) >= 11 is 6.00. The van der Waals surface area contributed by atoms with E-state index < -0.39 is 0 Å². The Labute approximate surface area is 113 Å². The van der Waals surface area contributed by atoms with Crippen LogP contribution >= 0.6 is 11.6 Å². The summed E-state index contributed by atoms with van der Waals surface area (Å²) < 4.78 is 3.26. The quantitative estimate of drug-likeness (QED) is 0.712. The highest BCUT2D eigenvalue weighted by Gasteiger charge is 2.13. The molecule has 0 atom stereocenters. The third-order valence-electron chi connectivity index (χ3n) is 2.58. The standard InChI is InChI=1S/C11H10ClN7/c1-18-6-10(5-14-18)19-11(15-16-17-19)7-2-8(12)4-9(13)3-7/h2-6H,13H2,1H3. The van der Waals surface area contributed by atoms with E-state index in [1.54, 1.807) is 33.8 Å². The SMILES string of the molecule is Cn1cc(-n2nnnc2-c2cc(N)cc(Cl)c2)cn1. The van der Waals surface area contributed by atoms with Crippen LogP contribution in [0.3, 0.4) is 0 Å². The second kappa shape index (κ2) is 4.36. The number of benzene rings is 1. The minimum atomic E-state index is 0.538. The zero-order valence-corrected chi connectivity index (χ0v) is 10.8. The lowest BCUT2D eigenvalue weighted by molar-refractivity contribution is 0.762. The summed E-state index contributed by atoms with van der Waals surface area (Å²) in [6.45, 7) is 0. The molecule has 0 spiro atoms. The second-order valence-electron chi connectivity index (χ2n) is 4.06. The maximum Gasteiger partial charge on any atom is 0.187 e. The molecule has 96 valence electrons. The molecule has 7 nitrogen and oxygen atoms in total. The van der Waals surface area contributed by atoms with Gasteiger partial charge in [-0.1, -0.05) is 11.6 Å². The average Bonchev–Trinajstić information content (AvgIpc) is 2.95. The first kappa shape index (κ1) is 11.7. The van der Waals surface area contributed by atoms with E-state index in [-0.39, 0.29) is 0 Å². The lowest BCUT2D eigenvalue weighted by Crippen LogP contribution is -1.99. The molecule has 0 saturated carbocycles. The molecule has 0 radical (unpaired) electrons. The van der Waals surface area contributed by atoms with Crippen LogP contribution in [0.4, 0.5) is 5.69 Å². The Hall–Kier alpha value is -2.41. The summed E-state index contributed by atoms with van der Waals surface area (Å²) in [6, 6.07) is 5.20. The van der Waals surface area contributed by atoms with Crippen LogP contribution in [-0.2, 0) is 7.05 Å². The van der Waals surface area contributed by atoms with Crippen molar-refractivity contribution in [1.29, 1.82) is 0 Å². The van der Waals surface area contributed by atoms with Gasteiger partial charge in [0.1, 0.15) is 5.69 Å². The molecular formula is C11H10ClN7. The second-order valence-corrected chi connectivity index (χ2v) is 4.50. The highest BCUT2D eigenvalue weighted by atomic mass is 35.5. The van der Waals surface area contributed by atoms with E-state index in [9.17, 15) is 0 Å². The third-order valence-corrected chi connectivity index (χ3v) is 2.80. The van der Waals surface area contributed by atoms with Crippen LogP contribution in [0.5, 0.6) is 0 Å². The van der Waals surface area contributed by atoms with Crippen molar-refractivity contribution in [3.8, 4) is 17.1 Å². The Morgan fingerprint density at radius 2 is 2.11 bits per heavy atom. The number of aryl methyl sites for hydroxylation is 1. The number of hydrogen-bond donors (Lipinski definition) is 1. The van der Waals surface area contributed by atoms with Gasteiger partial charge < -0.3 is 5.73 Å². The van der Waals surface area contributed by atoms with Crippen molar-refractivity contribution in [2.75, 3.05) is 5.73 Å². The number of anilines is 1. The highest BCUT2D eigenvalue weighted by Crippen LogP contribution is 2.25. The van der Waals surface area contributed by atoms with Crippen molar-refractivity contribution >= 4 is 17.3 Å². The molecule has 2 aromatic heterocycles. The van der Waals surface area contributed by atoms with Gasteiger partial charge in [-0.3, -0.25) is 4.68 Å². The smallest absolute Gasteiger partial charge is 0.187 e. The van der Waals surface area contributed by atoms with Crippen LogP contribution in [-0.4, -0.2) is 30.0 Å². The molecule has 3 rings (SSSR count). The number of nitrogens with two attached hydrogens (primary N) is 1. The number of nitrogens with zero attached hydrogens (tertiary/aromatic N) is 6. The van der Waals surface area contributed by atoms with E-state index in [4.69, 9.17) is 17.3 Å². The first-order chi connectivity index (χ1) is 9.13. The summed E-state index contributed by atoms with van der Waals surface area (Å²) in [6.07, 6.45) is 3.49. The molecule has 0 saturated heterocycles. The molecule has 0 unspecified atom stereocenters. The van der Waals surface area contributed by atoms with Crippen molar-refractivity contribution in [2.24, 2.45) is 7.05 Å². The van der Waals surface area contributed by atoms with Crippen LogP contribution in [0, 0.1) is 0 Å². The van der Waals surface area contributed by atoms with Gasteiger partial charge in [-0.15, -0.1) is 5.10 Å². The zero-order valence-electron chi connectivity index (χ0n) is 10.0. The zero-order chi connectivity index (χ0) is 13.4. The van der Waals surface area contributed by atoms with Crippen molar-refractivity contribution in [2.45, 2.75) is 0 Å². The van der Waals surface area contributed by atoms with Gasteiger partial charge in [0.25, 0.3) is 0 Å². The molecule has 0 fully saturated rings. The summed E-state index contributed by atoms with van der Waals surface area (Å²) in [4.78, 5) is 0. The predicted molar refractivity (Wildman–Crippen MR) is 70.8 cm³/mol. The fraction of sp³-hybridized carbons (Fsp3) is 0.0909. The number of tetrazole rings is 1. The summed E-state index contributed by atoms with van der Waals surface area (Å²) in [7, 11) is 1.82. The molecule has 8 heteroatoms. The first-order valence-electron chi connectivity index (χ1n) is 5.47. The van der Waals surface area contributed by atoms with E-state index in [0.717, 1.165) is 11.3 Å². The van der Waals surface area contributed by atoms with Gasteiger partial charge >= 0.3 is 0 Å². The topological polar surface area (TPSA) is 87.4 Å². The Balaban J connectivity index is 2.14. The minimum absolute atomic E-state index is 0.538. The Kier molecular flexibility index (Phi) is 2.68. The third kappa shape index (κ3) is 2.15. The van der Waals surface area contributed by atoms with Crippen LogP contribution < -0.4 is 5.73 Å². The van der Waals surface area contributed by atoms with Crippen LogP contribution in [0.2, 0.25) is 5.02 Å². The lowest BCUT2D eigenvalue weighted by atomic mass is 10.2. The van der Waals surface area contributed by atoms with Gasteiger partial charge in [0.2, 0.25) is 0 Å². The average molecular weight is 276 g/mol. The number of nitrogen functional groups attached to an aromatic ring is 1. The van der Waals surface area contributed by atoms with Crippen molar-refractivity contribution in [1.82, 2.24) is 30.0 Å². The van der Waals surface area contributed by atoms with Gasteiger partial charge in [-0.25, -0.2) is 0 Å². The fourth-order valence-corrected chi connectivity index (χ4v) is 2.04. The number of hydrogen-bond acceptors (Lipinski definition) is 5. The molecule has 19 heavy (non-hydrogen) atoms. The molecule has 0 aliphatic heterocycles. The van der Waals surface area contributed by atoms with Crippen LogP contribution in [0.15, 0.2) is 30.6 Å². The van der Waals surface area contributed by atoms with Gasteiger partial charge in [-0.2, -0.15) is 9.78 Å². The fourth-order valence-electron chi connectivity index (χ4n) is 1.80. The van der Waals surface area contributed by atoms with Crippen molar-refractivity contribution in [3.05, 3.63) is 35.6 Å². The Bertz CT molecular complexity index is 710. The first-order valence-corrected chi connectivity index (χ1v) is 5.85. The van der Waals surface area contributed by atoms with E-state index in [1.165, 1.54) is 0 Å². The molecule has 0 aliphatic carbocycles. The normalized spacial score (nSPS) is 10.8. The monoisotopic (exact) mass is 275 g/mol. The lowest BCUT2D eigenvalue weighted by Gasteiger charge is -2.03. The number of halogens is 1. The largest absolute Gasteiger partial charge is 0.399 e. The highest BCUT2D eigenvalue weighted by molar-refractivity contribution is 6.31. The molecule has 1 aromatic carbocycles. The molecule has 0 aliphatic rings. The van der Waals surface area contributed by atoms with E-state index in [2.05, 4.69) is 20.6 Å². The van der Waals surface area contributed by atoms with Gasteiger partial charge in [0, 0.05) is 23.3 Å². The molecule has 0 amide bonds. The Morgan fingerprint density at radius 3 is 2.79 bits per heavy atom. The maximum absolute atomic E-state index is 6.00. The molecule has 2 heterocycles. The van der Waals surface area contributed by atoms with Crippen molar-refractivity contribution in [3.63, 3.8) is 0 Å². The molecule has 3 aromatic rings. The summed E-state index contributed by atoms with van der Waals surface area (Å²) in [5, 5.41) is 16.3. The molecule has 2 N–H and O–H groups in total. The summed E-state index contributed by atoms with van der Waals surface area (Å²) in [5.41, 5.74) is 7.85. The molecule has 0 bridgehead atoms. The van der Waals surface area contributed by atoms with E-state index in [0.29, 0.717) is 16.5 Å². The summed E-state index contributed by atoms with van der Waals surface area (Å²) in [5.74, 6) is 0.558. The van der Waals surface area contributed by atoms with Gasteiger partial charge in [0.05, 0.1) is 12.4 Å².